The van der Waals surface area contributed by atoms with Crippen molar-refractivity contribution in [3.8, 4) is 17.0 Å². The van der Waals surface area contributed by atoms with Crippen LogP contribution >= 0.6 is 11.3 Å². The van der Waals surface area contributed by atoms with E-state index in [0.717, 1.165) is 33.4 Å². The Bertz CT molecular complexity index is 1160. The fraction of sp³-hybridized carbons (Fsp3) is 0.120. The van der Waals surface area contributed by atoms with Crippen LogP contribution in [0.5, 0.6) is 5.75 Å². The van der Waals surface area contributed by atoms with Gasteiger partial charge in [-0.3, -0.25) is 4.79 Å². The molecule has 2 N–H and O–H groups in total. The molecule has 4 rings (SSSR count). The third-order valence-electron chi connectivity index (χ3n) is 4.63. The molecule has 32 heavy (non-hydrogen) atoms. The molecule has 7 heteroatoms. The van der Waals surface area contributed by atoms with Crippen molar-refractivity contribution < 1.29 is 14.3 Å². The molecule has 0 radical (unpaired) electrons. The molecule has 162 valence electrons. The van der Waals surface area contributed by atoms with E-state index < -0.39 is 0 Å². The molecule has 4 aromatic rings. The van der Waals surface area contributed by atoms with E-state index in [0.29, 0.717) is 12.3 Å². The van der Waals surface area contributed by atoms with Crippen LogP contribution in [-0.2, 0) is 16.1 Å². The van der Waals surface area contributed by atoms with E-state index >= 15 is 0 Å². The molecular weight excluding hydrogens is 422 g/mol. The summed E-state index contributed by atoms with van der Waals surface area (Å²) in [6.45, 7) is 0.408. The van der Waals surface area contributed by atoms with E-state index in [-0.39, 0.29) is 12.5 Å². The van der Waals surface area contributed by atoms with Gasteiger partial charge in [0.1, 0.15) is 12.4 Å². The number of amides is 1. The highest BCUT2D eigenvalue weighted by molar-refractivity contribution is 7.14. The van der Waals surface area contributed by atoms with Crippen LogP contribution in [0, 0.1) is 0 Å². The van der Waals surface area contributed by atoms with Gasteiger partial charge in [0.15, 0.2) is 5.13 Å². The van der Waals surface area contributed by atoms with Crippen molar-refractivity contribution in [1.82, 2.24) is 4.98 Å². The molecule has 0 bridgehead atoms. The number of nitrogens with zero attached hydrogens (tertiary/aromatic N) is 1. The maximum Gasteiger partial charge on any atom is 0.250 e. The maximum atomic E-state index is 12.1. The van der Waals surface area contributed by atoms with Gasteiger partial charge in [0.25, 0.3) is 0 Å². The Hall–Kier alpha value is -3.68. The number of carbonyl (C=O) groups is 1. The number of hydrogen-bond donors (Lipinski definition) is 2. The topological polar surface area (TPSA) is 72.5 Å². The molecule has 0 saturated carbocycles. The molecule has 0 spiro atoms. The Balaban J connectivity index is 1.30. The second kappa shape index (κ2) is 10.6. The maximum absolute atomic E-state index is 12.1. The van der Waals surface area contributed by atoms with Gasteiger partial charge in [-0.2, -0.15) is 0 Å². The molecule has 6 nitrogen and oxygen atoms in total. The normalized spacial score (nSPS) is 10.5. The highest BCUT2D eigenvalue weighted by atomic mass is 32.1. The molecule has 1 amide bonds. The average Bonchev–Trinajstić information content (AvgIpc) is 3.29. The van der Waals surface area contributed by atoms with Crippen LogP contribution in [0.15, 0.2) is 84.2 Å². The number of rotatable bonds is 9. The van der Waals surface area contributed by atoms with Crippen LogP contribution in [-0.4, -0.2) is 24.6 Å². The van der Waals surface area contributed by atoms with Crippen LogP contribution in [0.1, 0.15) is 5.56 Å². The number of aromatic nitrogens is 1. The van der Waals surface area contributed by atoms with Crippen molar-refractivity contribution in [1.29, 1.82) is 0 Å². The highest BCUT2D eigenvalue weighted by Crippen LogP contribution is 2.29. The van der Waals surface area contributed by atoms with Crippen molar-refractivity contribution in [2.45, 2.75) is 6.61 Å². The second-order valence-corrected chi connectivity index (χ2v) is 7.86. The summed E-state index contributed by atoms with van der Waals surface area (Å²) in [5.74, 6) is 0.599. The van der Waals surface area contributed by atoms with Crippen molar-refractivity contribution in [2.24, 2.45) is 0 Å². The molecule has 0 fully saturated rings. The summed E-state index contributed by atoms with van der Waals surface area (Å²) in [6, 6.07) is 25.1. The Kier molecular flexibility index (Phi) is 7.12. The molecule has 0 saturated heterocycles. The van der Waals surface area contributed by atoms with Crippen molar-refractivity contribution in [3.63, 3.8) is 0 Å². The fourth-order valence-electron chi connectivity index (χ4n) is 3.05. The van der Waals surface area contributed by atoms with Crippen LogP contribution in [0.4, 0.5) is 16.5 Å². The Morgan fingerprint density at radius 2 is 1.78 bits per heavy atom. The first-order valence-corrected chi connectivity index (χ1v) is 11.0. The molecule has 0 unspecified atom stereocenters. The summed E-state index contributed by atoms with van der Waals surface area (Å²) < 4.78 is 10.7. The number of anilines is 3. The zero-order valence-corrected chi connectivity index (χ0v) is 18.4. The summed E-state index contributed by atoms with van der Waals surface area (Å²) in [6.07, 6.45) is 0. The first-order valence-electron chi connectivity index (χ1n) is 10.1. The fourth-order valence-corrected chi connectivity index (χ4v) is 3.79. The number of benzene rings is 3. The number of carbonyl (C=O) groups excluding carboxylic acids is 1. The summed E-state index contributed by atoms with van der Waals surface area (Å²) in [4.78, 5) is 16.8. The first-order chi connectivity index (χ1) is 15.7. The van der Waals surface area contributed by atoms with E-state index in [4.69, 9.17) is 9.47 Å². The first kappa shape index (κ1) is 21.5. The summed E-state index contributed by atoms with van der Waals surface area (Å²) in [5, 5.41) is 8.93. The Morgan fingerprint density at radius 1 is 0.969 bits per heavy atom. The van der Waals surface area contributed by atoms with Crippen LogP contribution < -0.4 is 15.4 Å². The highest BCUT2D eigenvalue weighted by Gasteiger charge is 2.07. The zero-order chi connectivity index (χ0) is 22.2. The Labute approximate surface area is 190 Å². The molecule has 1 aromatic heterocycles. The van der Waals surface area contributed by atoms with E-state index in [1.807, 2.05) is 84.2 Å². The summed E-state index contributed by atoms with van der Waals surface area (Å²) in [7, 11) is 1.64. The molecular formula is C25H23N3O3S. The minimum atomic E-state index is -0.188. The second-order valence-electron chi connectivity index (χ2n) is 7.00. The lowest BCUT2D eigenvalue weighted by Gasteiger charge is -2.07. The minimum absolute atomic E-state index is 0.00202. The van der Waals surface area contributed by atoms with Crippen molar-refractivity contribution >= 4 is 33.8 Å². The number of hydrogen-bond acceptors (Lipinski definition) is 6. The minimum Gasteiger partial charge on any atom is -0.497 e. The van der Waals surface area contributed by atoms with Gasteiger partial charge in [-0.15, -0.1) is 11.3 Å². The van der Waals surface area contributed by atoms with Gasteiger partial charge >= 0.3 is 0 Å². The van der Waals surface area contributed by atoms with Crippen LogP contribution in [0.2, 0.25) is 0 Å². The summed E-state index contributed by atoms with van der Waals surface area (Å²) in [5.41, 5.74) is 4.50. The lowest BCUT2D eigenvalue weighted by molar-refractivity contribution is -0.121. The van der Waals surface area contributed by atoms with Crippen LogP contribution in [0.3, 0.4) is 0 Å². The van der Waals surface area contributed by atoms with Crippen molar-refractivity contribution in [3.05, 3.63) is 89.8 Å². The lowest BCUT2D eigenvalue weighted by Crippen LogP contribution is -2.18. The molecule has 0 aliphatic heterocycles. The van der Waals surface area contributed by atoms with E-state index in [1.54, 1.807) is 7.11 Å². The SMILES string of the molecule is COc1cccc(Nc2nc(-c3ccc(NC(=O)COCc4ccccc4)cc3)cs2)c1. The van der Waals surface area contributed by atoms with Gasteiger partial charge in [0.05, 0.1) is 19.4 Å². The van der Waals surface area contributed by atoms with E-state index in [2.05, 4.69) is 15.6 Å². The van der Waals surface area contributed by atoms with Gasteiger partial charge in [0.2, 0.25) is 5.91 Å². The standard InChI is InChI=1S/C25H23N3O3S/c1-30-22-9-5-8-21(14-22)27-25-28-23(17-32-25)19-10-12-20(13-11-19)26-24(29)16-31-15-18-6-3-2-4-7-18/h2-14,17H,15-16H2,1H3,(H,26,29)(H,27,28). The third kappa shape index (κ3) is 5.94. The average molecular weight is 446 g/mol. The van der Waals surface area contributed by atoms with Gasteiger partial charge in [0, 0.05) is 28.4 Å². The van der Waals surface area contributed by atoms with Gasteiger partial charge < -0.3 is 20.1 Å². The molecule has 0 aliphatic carbocycles. The van der Waals surface area contributed by atoms with E-state index in [9.17, 15) is 4.79 Å². The Morgan fingerprint density at radius 3 is 2.56 bits per heavy atom. The number of methoxy groups -OCH3 is 1. The predicted octanol–water partition coefficient (Wildman–Crippen LogP) is 5.72. The lowest BCUT2D eigenvalue weighted by atomic mass is 10.1. The molecule has 0 atom stereocenters. The number of nitrogens with one attached hydrogen (secondary N) is 2. The van der Waals surface area contributed by atoms with E-state index in [1.165, 1.54) is 11.3 Å². The molecule has 1 heterocycles. The number of thiazole rings is 1. The summed E-state index contributed by atoms with van der Waals surface area (Å²) >= 11 is 1.53. The third-order valence-corrected chi connectivity index (χ3v) is 5.39. The van der Waals surface area contributed by atoms with Gasteiger partial charge in [-0.1, -0.05) is 48.5 Å². The van der Waals surface area contributed by atoms with Gasteiger partial charge in [-0.05, 0) is 29.8 Å². The molecule has 0 aliphatic rings. The smallest absolute Gasteiger partial charge is 0.250 e. The largest absolute Gasteiger partial charge is 0.497 e. The number of ether oxygens (including phenoxy) is 2. The molecule has 3 aromatic carbocycles. The monoisotopic (exact) mass is 445 g/mol. The van der Waals surface area contributed by atoms with Crippen LogP contribution in [0.25, 0.3) is 11.3 Å². The zero-order valence-electron chi connectivity index (χ0n) is 17.6. The predicted molar refractivity (Wildman–Crippen MR) is 129 cm³/mol. The quantitative estimate of drug-likeness (QED) is 0.345. The van der Waals surface area contributed by atoms with Gasteiger partial charge in [-0.25, -0.2) is 4.98 Å². The van der Waals surface area contributed by atoms with Crippen molar-refractivity contribution in [2.75, 3.05) is 24.4 Å².